The maximum atomic E-state index is 13.6. The molecule has 6 heteroatoms. The van der Waals surface area contributed by atoms with Crippen LogP contribution in [0.4, 0.5) is 13.2 Å². The monoisotopic (exact) mass is 280 g/mol. The molecule has 0 unspecified atom stereocenters. The predicted octanol–water partition coefficient (Wildman–Crippen LogP) is 2.49. The molecular weight excluding hydrogens is 265 g/mol. The molecule has 1 aliphatic heterocycles. The van der Waals surface area contributed by atoms with Gasteiger partial charge in [-0.1, -0.05) is 6.07 Å². The van der Waals surface area contributed by atoms with Crippen LogP contribution in [0.15, 0.2) is 12.1 Å². The van der Waals surface area contributed by atoms with Gasteiger partial charge in [-0.2, -0.15) is 0 Å². The zero-order chi connectivity index (χ0) is 12.4. The summed E-state index contributed by atoms with van der Waals surface area (Å²) >= 11 is 0. The molecular formula is C12H16ClF3N2. The van der Waals surface area contributed by atoms with Gasteiger partial charge in [-0.05, 0) is 13.0 Å². The summed E-state index contributed by atoms with van der Waals surface area (Å²) in [5.74, 6) is -3.60. The lowest BCUT2D eigenvalue weighted by atomic mass is 10.1. The largest absolute Gasteiger partial charge is 0.314 e. The van der Waals surface area contributed by atoms with Crippen molar-refractivity contribution in [1.82, 2.24) is 10.2 Å². The first kappa shape index (κ1) is 15.3. The number of benzene rings is 1. The molecule has 1 aromatic carbocycles. The van der Waals surface area contributed by atoms with Gasteiger partial charge in [0.05, 0.1) is 0 Å². The second-order valence-electron chi connectivity index (χ2n) is 4.23. The molecule has 0 bridgehead atoms. The van der Waals surface area contributed by atoms with Crippen molar-refractivity contribution >= 4 is 12.4 Å². The highest BCUT2D eigenvalue weighted by molar-refractivity contribution is 5.85. The van der Waals surface area contributed by atoms with Crippen LogP contribution >= 0.6 is 12.4 Å². The van der Waals surface area contributed by atoms with Gasteiger partial charge in [0, 0.05) is 37.8 Å². The standard InChI is InChI=1S/C12H15F3N2.ClH/c1-8(17-6-4-16-5-7-17)9-2-3-10(13)12(15)11(9)14;/h2-3,8,16H,4-7H2,1H3;1H/t8-;/m1./s1. The van der Waals surface area contributed by atoms with Gasteiger partial charge < -0.3 is 5.32 Å². The second-order valence-corrected chi connectivity index (χ2v) is 4.23. The first-order chi connectivity index (χ1) is 8.11. The van der Waals surface area contributed by atoms with E-state index in [0.717, 1.165) is 32.2 Å². The predicted molar refractivity (Wildman–Crippen MR) is 66.4 cm³/mol. The van der Waals surface area contributed by atoms with E-state index < -0.39 is 17.5 Å². The molecule has 1 aliphatic rings. The van der Waals surface area contributed by atoms with Crippen molar-refractivity contribution in [3.05, 3.63) is 35.1 Å². The summed E-state index contributed by atoms with van der Waals surface area (Å²) in [6.45, 7) is 5.02. The molecule has 1 saturated heterocycles. The third kappa shape index (κ3) is 2.96. The molecule has 2 nitrogen and oxygen atoms in total. The van der Waals surface area contributed by atoms with E-state index in [1.807, 2.05) is 4.90 Å². The first-order valence-electron chi connectivity index (χ1n) is 5.69. The highest BCUT2D eigenvalue weighted by atomic mass is 35.5. The van der Waals surface area contributed by atoms with E-state index in [1.165, 1.54) is 6.07 Å². The van der Waals surface area contributed by atoms with Crippen LogP contribution in [-0.4, -0.2) is 31.1 Å². The number of hydrogen-bond donors (Lipinski definition) is 1. The van der Waals surface area contributed by atoms with Crippen molar-refractivity contribution in [3.8, 4) is 0 Å². The van der Waals surface area contributed by atoms with Gasteiger partial charge in [-0.15, -0.1) is 12.4 Å². The Morgan fingerprint density at radius 3 is 2.33 bits per heavy atom. The minimum Gasteiger partial charge on any atom is -0.314 e. The molecule has 0 spiro atoms. The van der Waals surface area contributed by atoms with E-state index in [0.29, 0.717) is 0 Å². The molecule has 1 heterocycles. The van der Waals surface area contributed by atoms with E-state index in [9.17, 15) is 13.2 Å². The third-order valence-electron chi connectivity index (χ3n) is 3.21. The molecule has 0 saturated carbocycles. The van der Waals surface area contributed by atoms with E-state index in [-0.39, 0.29) is 24.0 Å². The summed E-state index contributed by atoms with van der Waals surface area (Å²) in [6.07, 6.45) is 0. The maximum absolute atomic E-state index is 13.6. The SMILES string of the molecule is C[C@H](c1ccc(F)c(F)c1F)N1CCNCC1.Cl. The first-order valence-corrected chi connectivity index (χ1v) is 5.69. The van der Waals surface area contributed by atoms with Crippen LogP contribution in [0.25, 0.3) is 0 Å². The van der Waals surface area contributed by atoms with Crippen LogP contribution < -0.4 is 5.32 Å². The van der Waals surface area contributed by atoms with Crippen molar-refractivity contribution < 1.29 is 13.2 Å². The fourth-order valence-corrected chi connectivity index (χ4v) is 2.13. The van der Waals surface area contributed by atoms with Gasteiger partial charge in [-0.3, -0.25) is 4.90 Å². The summed E-state index contributed by atoms with van der Waals surface area (Å²) in [7, 11) is 0. The van der Waals surface area contributed by atoms with Gasteiger partial charge in [0.15, 0.2) is 17.5 Å². The van der Waals surface area contributed by atoms with Gasteiger partial charge >= 0.3 is 0 Å². The van der Waals surface area contributed by atoms with E-state index in [1.54, 1.807) is 6.92 Å². The zero-order valence-corrected chi connectivity index (χ0v) is 10.9. The number of rotatable bonds is 2. The lowest BCUT2D eigenvalue weighted by molar-refractivity contribution is 0.181. The van der Waals surface area contributed by atoms with Crippen molar-refractivity contribution in [2.45, 2.75) is 13.0 Å². The summed E-state index contributed by atoms with van der Waals surface area (Å²) in [5.41, 5.74) is 0.214. The molecule has 102 valence electrons. The Bertz CT molecular complexity index is 409. The van der Waals surface area contributed by atoms with E-state index in [2.05, 4.69) is 5.32 Å². The average molecular weight is 281 g/mol. The Labute approximate surface area is 111 Å². The topological polar surface area (TPSA) is 15.3 Å². The van der Waals surface area contributed by atoms with Crippen LogP contribution in [0, 0.1) is 17.5 Å². The van der Waals surface area contributed by atoms with Gasteiger partial charge in [0.25, 0.3) is 0 Å². The molecule has 0 radical (unpaired) electrons. The van der Waals surface area contributed by atoms with Crippen LogP contribution in [0.5, 0.6) is 0 Å². The van der Waals surface area contributed by atoms with Gasteiger partial charge in [-0.25, -0.2) is 13.2 Å². The smallest absolute Gasteiger partial charge is 0.194 e. The van der Waals surface area contributed by atoms with Crippen molar-refractivity contribution in [2.75, 3.05) is 26.2 Å². The minimum atomic E-state index is -1.38. The Balaban J connectivity index is 0.00000162. The zero-order valence-electron chi connectivity index (χ0n) is 10.0. The number of nitrogens with zero attached hydrogens (tertiary/aromatic N) is 1. The Hall–Kier alpha value is -0.780. The van der Waals surface area contributed by atoms with Crippen LogP contribution in [0.3, 0.4) is 0 Å². The molecule has 18 heavy (non-hydrogen) atoms. The fourth-order valence-electron chi connectivity index (χ4n) is 2.13. The minimum absolute atomic E-state index is 0. The summed E-state index contributed by atoms with van der Waals surface area (Å²) in [6, 6.07) is 2.06. The summed E-state index contributed by atoms with van der Waals surface area (Å²) in [4.78, 5) is 2.05. The lowest BCUT2D eigenvalue weighted by Gasteiger charge is -2.33. The van der Waals surface area contributed by atoms with Crippen LogP contribution in [-0.2, 0) is 0 Å². The lowest BCUT2D eigenvalue weighted by Crippen LogP contribution is -2.44. The number of hydrogen-bond acceptors (Lipinski definition) is 2. The quantitative estimate of drug-likeness (QED) is 0.838. The molecule has 1 atom stereocenters. The Kier molecular flexibility index (Phi) is 5.44. The maximum Gasteiger partial charge on any atom is 0.194 e. The molecule has 1 fully saturated rings. The van der Waals surface area contributed by atoms with E-state index >= 15 is 0 Å². The highest BCUT2D eigenvalue weighted by Gasteiger charge is 2.23. The molecule has 0 aliphatic carbocycles. The fraction of sp³-hybridized carbons (Fsp3) is 0.500. The Morgan fingerprint density at radius 2 is 1.72 bits per heavy atom. The number of halogens is 4. The van der Waals surface area contributed by atoms with Crippen molar-refractivity contribution in [2.24, 2.45) is 0 Å². The van der Waals surface area contributed by atoms with Gasteiger partial charge in [0.1, 0.15) is 0 Å². The second kappa shape index (κ2) is 6.41. The molecule has 2 rings (SSSR count). The molecule has 1 N–H and O–H groups in total. The molecule has 1 aromatic rings. The number of nitrogens with one attached hydrogen (secondary N) is 1. The van der Waals surface area contributed by atoms with Crippen LogP contribution in [0.1, 0.15) is 18.5 Å². The highest BCUT2D eigenvalue weighted by Crippen LogP contribution is 2.25. The Morgan fingerprint density at radius 1 is 1.11 bits per heavy atom. The van der Waals surface area contributed by atoms with Gasteiger partial charge in [0.2, 0.25) is 0 Å². The van der Waals surface area contributed by atoms with Crippen molar-refractivity contribution in [1.29, 1.82) is 0 Å². The van der Waals surface area contributed by atoms with E-state index in [4.69, 9.17) is 0 Å². The van der Waals surface area contributed by atoms with Crippen LogP contribution in [0.2, 0.25) is 0 Å². The summed E-state index contributed by atoms with van der Waals surface area (Å²) < 4.78 is 39.6. The number of piperazine rings is 1. The summed E-state index contributed by atoms with van der Waals surface area (Å²) in [5, 5.41) is 3.19. The average Bonchev–Trinajstić information content (AvgIpc) is 2.36. The van der Waals surface area contributed by atoms with Crippen molar-refractivity contribution in [3.63, 3.8) is 0 Å². The normalized spacial score (nSPS) is 18.2. The molecule has 0 aromatic heterocycles. The molecule has 0 amide bonds. The third-order valence-corrected chi connectivity index (χ3v) is 3.21.